The number of nitrogens with two attached hydrogens (primary N) is 1. The van der Waals surface area contributed by atoms with Crippen LogP contribution in [0.4, 0.5) is 35.1 Å². The highest BCUT2D eigenvalue weighted by atomic mass is 19.4. The monoisotopic (exact) mass is 685 g/mol. The molecule has 3 atom stereocenters. The Balaban J connectivity index is 0.000000984. The Morgan fingerprint density at radius 1 is 0.957 bits per heavy atom. The topological polar surface area (TPSA) is 159 Å². The molecule has 0 spiro atoms. The Morgan fingerprint density at radius 3 is 1.94 bits per heavy atom. The van der Waals surface area contributed by atoms with Gasteiger partial charge in [-0.25, -0.2) is 31.5 Å². The fourth-order valence-corrected chi connectivity index (χ4v) is 4.45. The summed E-state index contributed by atoms with van der Waals surface area (Å²) in [5.41, 5.74) is 5.41. The van der Waals surface area contributed by atoms with Crippen molar-refractivity contribution in [3.8, 4) is 5.75 Å². The molecule has 260 valence electrons. The number of carbonyl (C=O) groups is 4. The summed E-state index contributed by atoms with van der Waals surface area (Å²) in [4.78, 5) is 47.1. The number of nitrogens with one attached hydrogen (secondary N) is 1. The van der Waals surface area contributed by atoms with Gasteiger partial charge in [-0.3, -0.25) is 9.59 Å². The number of halogens is 8. The van der Waals surface area contributed by atoms with E-state index >= 15 is 0 Å². The molecule has 1 aliphatic rings. The Kier molecular flexibility index (Phi) is 13.5. The van der Waals surface area contributed by atoms with E-state index in [4.69, 9.17) is 20.4 Å². The van der Waals surface area contributed by atoms with E-state index in [1.165, 1.54) is 4.90 Å². The van der Waals surface area contributed by atoms with E-state index in [1.54, 1.807) is 38.1 Å². The third-order valence-electron chi connectivity index (χ3n) is 6.82. The summed E-state index contributed by atoms with van der Waals surface area (Å²) < 4.78 is 105. The molecule has 0 bridgehead atoms. The number of hydrogen-bond acceptors (Lipinski definition) is 6. The maximum atomic E-state index is 14.0. The average molecular weight is 686 g/mol. The molecule has 3 rings (SSSR count). The highest BCUT2D eigenvalue weighted by Crippen LogP contribution is 2.25. The smallest absolute Gasteiger partial charge is 0.478 e. The first-order valence-electron chi connectivity index (χ1n) is 13.9. The molecule has 0 aromatic heterocycles. The van der Waals surface area contributed by atoms with Crippen LogP contribution in [-0.4, -0.2) is 69.8 Å². The normalized spacial score (nSPS) is 15.8. The van der Waals surface area contributed by atoms with Crippen LogP contribution in [0.3, 0.4) is 0 Å². The van der Waals surface area contributed by atoms with Gasteiger partial charge in [-0.1, -0.05) is 26.0 Å². The van der Waals surface area contributed by atoms with Gasteiger partial charge in [0, 0.05) is 37.0 Å². The third kappa shape index (κ3) is 10.5. The van der Waals surface area contributed by atoms with Crippen LogP contribution in [0, 0.1) is 35.0 Å². The molecule has 2 amide bonds. The molecule has 2 aromatic carbocycles. The molecule has 5 N–H and O–H groups in total. The molecule has 2 aromatic rings. The highest BCUT2D eigenvalue weighted by molar-refractivity contribution is 5.88. The maximum Gasteiger partial charge on any atom is 0.490 e. The van der Waals surface area contributed by atoms with Crippen molar-refractivity contribution < 1.29 is 69.3 Å². The molecule has 1 heterocycles. The van der Waals surface area contributed by atoms with E-state index in [1.807, 2.05) is 0 Å². The standard InChI is InChI=1S/C27H30F5N3O5.C2HF3O2/c1-13(2)25(27(38)39)40-16-7-5-14(6-8-16)12-34-26(37)18-4-3-9-35(18)19(36)11-15(33)10-17-20(28)22(30)24(32)23(31)21(17)29;3-2(4,5)1(6)7/h5-8,13,15,18,25H,3-4,9-12,33H2,1-2H3,(H,34,37)(H,38,39);(H,6,7)/t15?,18-,25+;/m0./s1. The lowest BCUT2D eigenvalue weighted by atomic mass is 10.0. The number of aliphatic carboxylic acids is 2. The lowest BCUT2D eigenvalue weighted by Crippen LogP contribution is -2.47. The van der Waals surface area contributed by atoms with E-state index in [0.29, 0.717) is 24.2 Å². The lowest BCUT2D eigenvalue weighted by molar-refractivity contribution is -0.192. The van der Waals surface area contributed by atoms with Crippen LogP contribution in [0.15, 0.2) is 24.3 Å². The van der Waals surface area contributed by atoms with E-state index in [-0.39, 0.29) is 19.0 Å². The molecule has 47 heavy (non-hydrogen) atoms. The van der Waals surface area contributed by atoms with Crippen molar-refractivity contribution >= 4 is 23.8 Å². The summed E-state index contributed by atoms with van der Waals surface area (Å²) in [6.45, 7) is 3.80. The first-order valence-corrected chi connectivity index (χ1v) is 13.9. The van der Waals surface area contributed by atoms with Gasteiger partial charge in [0.2, 0.25) is 17.6 Å². The Bertz CT molecular complexity index is 1430. The van der Waals surface area contributed by atoms with Gasteiger partial charge in [0.25, 0.3) is 0 Å². The van der Waals surface area contributed by atoms with Crippen molar-refractivity contribution in [1.82, 2.24) is 10.2 Å². The van der Waals surface area contributed by atoms with Crippen molar-refractivity contribution in [2.75, 3.05) is 6.54 Å². The predicted octanol–water partition coefficient (Wildman–Crippen LogP) is 4.07. The fourth-order valence-electron chi connectivity index (χ4n) is 4.45. The number of carboxylic acid groups (broad SMARTS) is 2. The van der Waals surface area contributed by atoms with Crippen LogP contribution >= 0.6 is 0 Å². The summed E-state index contributed by atoms with van der Waals surface area (Å²) in [6, 6.07) is 4.39. The van der Waals surface area contributed by atoms with Gasteiger partial charge in [-0.2, -0.15) is 13.2 Å². The van der Waals surface area contributed by atoms with Gasteiger partial charge >= 0.3 is 18.1 Å². The number of likely N-dealkylation sites (tertiary alicyclic amines) is 1. The number of ether oxygens (including phenoxy) is 1. The number of carboxylic acids is 2. The van der Waals surface area contributed by atoms with E-state index < -0.39 is 95.6 Å². The van der Waals surface area contributed by atoms with Crippen LogP contribution < -0.4 is 15.8 Å². The molecule has 1 unspecified atom stereocenters. The second-order valence-corrected chi connectivity index (χ2v) is 10.7. The third-order valence-corrected chi connectivity index (χ3v) is 6.82. The van der Waals surface area contributed by atoms with Crippen molar-refractivity contribution in [3.05, 3.63) is 64.5 Å². The maximum absolute atomic E-state index is 14.0. The zero-order valence-electron chi connectivity index (χ0n) is 24.8. The van der Waals surface area contributed by atoms with Gasteiger partial charge in [-0.15, -0.1) is 0 Å². The minimum Gasteiger partial charge on any atom is -0.478 e. The Hall–Kier alpha value is -4.48. The fraction of sp³-hybridized carbons (Fsp3) is 0.448. The number of rotatable bonds is 11. The molecule has 1 aliphatic heterocycles. The largest absolute Gasteiger partial charge is 0.490 e. The first-order chi connectivity index (χ1) is 21.8. The molecular formula is C29H31F8N3O7. The quantitative estimate of drug-likeness (QED) is 0.157. The first kappa shape index (κ1) is 38.7. The second kappa shape index (κ2) is 16.4. The Labute approximate surface area is 262 Å². The number of hydrogen-bond donors (Lipinski definition) is 4. The molecule has 0 saturated carbocycles. The molecule has 1 saturated heterocycles. The van der Waals surface area contributed by atoms with E-state index in [0.717, 1.165) is 0 Å². The predicted molar refractivity (Wildman–Crippen MR) is 146 cm³/mol. The van der Waals surface area contributed by atoms with Gasteiger partial charge in [-0.05, 0) is 37.0 Å². The molecule has 0 radical (unpaired) electrons. The number of nitrogens with zero attached hydrogens (tertiary/aromatic N) is 1. The van der Waals surface area contributed by atoms with Crippen molar-refractivity contribution in [1.29, 1.82) is 0 Å². The molecule has 1 fully saturated rings. The molecule has 18 heteroatoms. The van der Waals surface area contributed by atoms with Crippen LogP contribution in [0.1, 0.15) is 44.2 Å². The number of alkyl halides is 3. The highest BCUT2D eigenvalue weighted by Gasteiger charge is 2.38. The van der Waals surface area contributed by atoms with Crippen LogP contribution in [0.5, 0.6) is 5.75 Å². The number of benzene rings is 2. The zero-order chi connectivity index (χ0) is 35.8. The molecular weight excluding hydrogens is 654 g/mol. The minimum absolute atomic E-state index is 0.115. The summed E-state index contributed by atoms with van der Waals surface area (Å²) >= 11 is 0. The van der Waals surface area contributed by atoms with Gasteiger partial charge < -0.3 is 30.9 Å². The summed E-state index contributed by atoms with van der Waals surface area (Å²) in [5.74, 6) is -15.2. The van der Waals surface area contributed by atoms with Crippen molar-refractivity contribution in [2.24, 2.45) is 11.7 Å². The van der Waals surface area contributed by atoms with Gasteiger partial charge in [0.15, 0.2) is 29.4 Å². The number of amides is 2. The number of carbonyl (C=O) groups excluding carboxylic acids is 2. The van der Waals surface area contributed by atoms with Crippen LogP contribution in [0.2, 0.25) is 0 Å². The van der Waals surface area contributed by atoms with E-state index in [9.17, 15) is 54.6 Å². The van der Waals surface area contributed by atoms with Crippen molar-refractivity contribution in [2.45, 2.75) is 70.4 Å². The van der Waals surface area contributed by atoms with Gasteiger partial charge in [0.05, 0.1) is 0 Å². The summed E-state index contributed by atoms with van der Waals surface area (Å²) in [6.07, 6.45) is -6.46. The SMILES string of the molecule is CC(C)[C@@H](Oc1ccc(CNC(=O)[C@@H]2CCCN2C(=O)CC(N)Cc2c(F)c(F)c(F)c(F)c2F)cc1)C(=O)O.O=C(O)C(F)(F)F. The zero-order valence-corrected chi connectivity index (χ0v) is 24.8. The van der Waals surface area contributed by atoms with Crippen LogP contribution in [0.25, 0.3) is 0 Å². The molecule has 0 aliphatic carbocycles. The Morgan fingerprint density at radius 2 is 1.47 bits per heavy atom. The van der Waals surface area contributed by atoms with E-state index in [2.05, 4.69) is 5.32 Å². The van der Waals surface area contributed by atoms with Gasteiger partial charge in [0.1, 0.15) is 11.8 Å². The second-order valence-electron chi connectivity index (χ2n) is 10.7. The van der Waals surface area contributed by atoms with Crippen LogP contribution in [-0.2, 0) is 32.1 Å². The summed E-state index contributed by atoms with van der Waals surface area (Å²) in [5, 5.41) is 19.1. The minimum atomic E-state index is -5.08. The molecule has 10 nitrogen and oxygen atoms in total. The lowest BCUT2D eigenvalue weighted by Gasteiger charge is -2.25. The van der Waals surface area contributed by atoms with Crippen molar-refractivity contribution in [3.63, 3.8) is 0 Å². The average Bonchev–Trinajstić information content (AvgIpc) is 3.49. The summed E-state index contributed by atoms with van der Waals surface area (Å²) in [7, 11) is 0.